The molecular weight excluding hydrogens is 218 g/mol. The largest absolute Gasteiger partial charge is 0.434 e. The molecule has 0 amide bonds. The first-order valence-electron chi connectivity index (χ1n) is 5.12. The van der Waals surface area contributed by atoms with Gasteiger partial charge in [0.25, 0.3) is 0 Å². The Morgan fingerprint density at radius 1 is 1.18 bits per heavy atom. The summed E-state index contributed by atoms with van der Waals surface area (Å²) in [6.07, 6.45) is 3.89. The molecule has 3 rings (SSSR count). The van der Waals surface area contributed by atoms with Crippen molar-refractivity contribution in [2.75, 3.05) is 0 Å². The van der Waals surface area contributed by atoms with Crippen LogP contribution in [0.25, 0.3) is 17.1 Å². The first kappa shape index (κ1) is 9.65. The molecule has 0 atom stereocenters. The average molecular weight is 227 g/mol. The van der Waals surface area contributed by atoms with Crippen molar-refractivity contribution in [2.45, 2.75) is 0 Å². The smallest absolute Gasteiger partial charge is 0.388 e. The van der Waals surface area contributed by atoms with Gasteiger partial charge in [0.2, 0.25) is 5.89 Å². The number of rotatable bonds is 2. The third kappa shape index (κ3) is 1.78. The first-order valence-corrected chi connectivity index (χ1v) is 5.12. The molecule has 1 N–H and O–H groups in total. The molecule has 0 unspecified atom stereocenters. The molecule has 2 heterocycles. The van der Waals surface area contributed by atoms with Gasteiger partial charge in [-0.1, -0.05) is 6.07 Å². The van der Waals surface area contributed by atoms with E-state index in [0.717, 1.165) is 11.3 Å². The van der Waals surface area contributed by atoms with Crippen LogP contribution in [-0.2, 0) is 0 Å². The van der Waals surface area contributed by atoms with Gasteiger partial charge in [0.1, 0.15) is 0 Å². The molecule has 2 aromatic heterocycles. The van der Waals surface area contributed by atoms with Crippen molar-refractivity contribution in [2.24, 2.45) is 0 Å². The van der Waals surface area contributed by atoms with Gasteiger partial charge >= 0.3 is 5.76 Å². The molecule has 0 saturated carbocycles. The van der Waals surface area contributed by atoms with Crippen molar-refractivity contribution >= 4 is 0 Å². The summed E-state index contributed by atoms with van der Waals surface area (Å²) in [6.45, 7) is 0. The highest BCUT2D eigenvalue weighted by Crippen LogP contribution is 2.18. The predicted octanol–water partition coefficient (Wildman–Crippen LogP) is 1.82. The summed E-state index contributed by atoms with van der Waals surface area (Å²) < 4.78 is 6.88. The number of benzene rings is 1. The molecule has 0 radical (unpaired) electrons. The van der Waals surface area contributed by atoms with Crippen LogP contribution in [0.4, 0.5) is 0 Å². The van der Waals surface area contributed by atoms with Gasteiger partial charge < -0.3 is 8.98 Å². The minimum atomic E-state index is -0.550. The fourth-order valence-electron chi connectivity index (χ4n) is 1.66. The minimum absolute atomic E-state index is 0.295. The molecule has 0 aliphatic rings. The standard InChI is InChI=1S/C12H9N3O2/c16-12-14-13-11(17-12)9-4-3-5-10(8-9)15-6-1-2-7-15/h1-8H,(H,14,16). The Morgan fingerprint density at radius 3 is 2.71 bits per heavy atom. The molecule has 0 fully saturated rings. The van der Waals surface area contributed by atoms with E-state index in [1.165, 1.54) is 0 Å². The zero-order chi connectivity index (χ0) is 11.7. The zero-order valence-corrected chi connectivity index (χ0v) is 8.83. The van der Waals surface area contributed by atoms with Gasteiger partial charge in [0, 0.05) is 23.6 Å². The molecule has 0 bridgehead atoms. The van der Waals surface area contributed by atoms with Crippen molar-refractivity contribution in [3.63, 3.8) is 0 Å². The number of aromatic amines is 1. The van der Waals surface area contributed by atoms with Crippen LogP contribution in [-0.4, -0.2) is 14.8 Å². The second kappa shape index (κ2) is 3.79. The van der Waals surface area contributed by atoms with Gasteiger partial charge in [-0.3, -0.25) is 0 Å². The van der Waals surface area contributed by atoms with Gasteiger partial charge in [-0.15, -0.1) is 5.10 Å². The Morgan fingerprint density at radius 2 is 2.00 bits per heavy atom. The van der Waals surface area contributed by atoms with E-state index in [1.807, 2.05) is 53.4 Å². The summed E-state index contributed by atoms with van der Waals surface area (Å²) in [5, 5.41) is 6.04. The van der Waals surface area contributed by atoms with Gasteiger partial charge in [0.15, 0.2) is 0 Å². The molecule has 0 aliphatic carbocycles. The summed E-state index contributed by atoms with van der Waals surface area (Å²) in [6, 6.07) is 11.5. The topological polar surface area (TPSA) is 63.8 Å². The summed E-state index contributed by atoms with van der Waals surface area (Å²) in [5.74, 6) is -0.254. The van der Waals surface area contributed by atoms with Crippen molar-refractivity contribution in [1.82, 2.24) is 14.8 Å². The molecule has 0 aliphatic heterocycles. The molecule has 5 heteroatoms. The molecule has 17 heavy (non-hydrogen) atoms. The highest BCUT2D eigenvalue weighted by molar-refractivity contribution is 5.57. The van der Waals surface area contributed by atoms with E-state index in [1.54, 1.807) is 0 Å². The van der Waals surface area contributed by atoms with E-state index >= 15 is 0 Å². The van der Waals surface area contributed by atoms with Gasteiger partial charge in [-0.2, -0.15) is 0 Å². The second-order valence-corrected chi connectivity index (χ2v) is 3.56. The molecule has 0 spiro atoms. The fraction of sp³-hybridized carbons (Fsp3) is 0. The minimum Gasteiger partial charge on any atom is -0.388 e. The number of hydrogen-bond acceptors (Lipinski definition) is 3. The van der Waals surface area contributed by atoms with Crippen LogP contribution in [0.15, 0.2) is 58.0 Å². The van der Waals surface area contributed by atoms with Crippen molar-refractivity contribution in [3.05, 3.63) is 59.3 Å². The average Bonchev–Trinajstić information content (AvgIpc) is 3.00. The summed E-state index contributed by atoms with van der Waals surface area (Å²) >= 11 is 0. The third-order valence-electron chi connectivity index (χ3n) is 2.43. The van der Waals surface area contributed by atoms with Crippen molar-refractivity contribution in [3.8, 4) is 17.1 Å². The van der Waals surface area contributed by atoms with Crippen LogP contribution in [0, 0.1) is 0 Å². The maximum Gasteiger partial charge on any atom is 0.434 e. The number of nitrogens with zero attached hydrogens (tertiary/aromatic N) is 2. The van der Waals surface area contributed by atoms with E-state index in [2.05, 4.69) is 10.2 Å². The summed E-state index contributed by atoms with van der Waals surface area (Å²) in [4.78, 5) is 10.9. The van der Waals surface area contributed by atoms with Crippen molar-refractivity contribution in [1.29, 1.82) is 0 Å². The lowest BCUT2D eigenvalue weighted by Crippen LogP contribution is -1.93. The SMILES string of the molecule is O=c1[nH]nc(-c2cccc(-n3cccc3)c2)o1. The number of aromatic nitrogens is 3. The highest BCUT2D eigenvalue weighted by atomic mass is 16.4. The summed E-state index contributed by atoms with van der Waals surface area (Å²) in [7, 11) is 0. The van der Waals surface area contributed by atoms with E-state index in [0.29, 0.717) is 5.89 Å². The molecule has 1 aromatic carbocycles. The predicted molar refractivity (Wildman–Crippen MR) is 61.9 cm³/mol. The van der Waals surface area contributed by atoms with Crippen LogP contribution in [0.5, 0.6) is 0 Å². The Bertz CT molecular complexity index is 680. The number of nitrogens with one attached hydrogen (secondary N) is 1. The van der Waals surface area contributed by atoms with Crippen molar-refractivity contribution < 1.29 is 4.42 Å². The van der Waals surface area contributed by atoms with Crippen LogP contribution >= 0.6 is 0 Å². The molecule has 5 nitrogen and oxygen atoms in total. The van der Waals surface area contributed by atoms with Gasteiger partial charge in [-0.05, 0) is 30.3 Å². The van der Waals surface area contributed by atoms with Crippen LogP contribution in [0.1, 0.15) is 0 Å². The molecule has 3 aromatic rings. The normalized spacial score (nSPS) is 10.6. The lowest BCUT2D eigenvalue weighted by Gasteiger charge is -2.03. The van der Waals surface area contributed by atoms with Crippen LogP contribution in [0.3, 0.4) is 0 Å². The Balaban J connectivity index is 2.08. The third-order valence-corrected chi connectivity index (χ3v) is 2.43. The molecular formula is C12H9N3O2. The molecule has 0 saturated heterocycles. The van der Waals surface area contributed by atoms with E-state index in [-0.39, 0.29) is 0 Å². The highest BCUT2D eigenvalue weighted by Gasteiger charge is 2.05. The number of hydrogen-bond donors (Lipinski definition) is 1. The van der Waals surface area contributed by atoms with E-state index < -0.39 is 5.76 Å². The lowest BCUT2D eigenvalue weighted by atomic mass is 10.2. The molecule has 84 valence electrons. The van der Waals surface area contributed by atoms with Crippen LogP contribution < -0.4 is 5.76 Å². The monoisotopic (exact) mass is 227 g/mol. The van der Waals surface area contributed by atoms with Gasteiger partial charge in [0.05, 0.1) is 0 Å². The van der Waals surface area contributed by atoms with E-state index in [4.69, 9.17) is 4.42 Å². The maximum absolute atomic E-state index is 10.9. The quantitative estimate of drug-likeness (QED) is 0.726. The summed E-state index contributed by atoms with van der Waals surface area (Å²) in [5.41, 5.74) is 1.74. The maximum atomic E-state index is 10.9. The fourth-order valence-corrected chi connectivity index (χ4v) is 1.66. The van der Waals surface area contributed by atoms with Crippen LogP contribution in [0.2, 0.25) is 0 Å². The Hall–Kier alpha value is -2.56. The Kier molecular flexibility index (Phi) is 2.15. The number of H-pyrrole nitrogens is 1. The zero-order valence-electron chi connectivity index (χ0n) is 8.83. The van der Waals surface area contributed by atoms with Gasteiger partial charge in [-0.25, -0.2) is 9.89 Å². The first-order chi connectivity index (χ1) is 8.33. The second-order valence-electron chi connectivity index (χ2n) is 3.56. The lowest BCUT2D eigenvalue weighted by molar-refractivity contribution is 0.527. The Labute approximate surface area is 96.3 Å². The van der Waals surface area contributed by atoms with E-state index in [9.17, 15) is 4.79 Å².